The molecule has 4 rings (SSSR count). The second kappa shape index (κ2) is 13.1. The number of amides is 2. The van der Waals surface area contributed by atoms with Crippen LogP contribution in [-0.2, 0) is 17.6 Å². The van der Waals surface area contributed by atoms with E-state index in [2.05, 4.69) is 27.4 Å². The molecular weight excluding hydrogens is 460 g/mol. The molecule has 37 heavy (non-hydrogen) atoms. The highest BCUT2D eigenvalue weighted by Gasteiger charge is 2.47. The molecule has 0 spiro atoms. The van der Waals surface area contributed by atoms with Gasteiger partial charge in [0.2, 0.25) is 5.91 Å². The first-order valence-electron chi connectivity index (χ1n) is 13.5. The first-order valence-corrected chi connectivity index (χ1v) is 13.5. The number of nitrogens with one attached hydrogen (secondary N) is 1. The molecule has 1 aromatic carbocycles. The third kappa shape index (κ3) is 7.03. The molecule has 1 N–H and O–H groups in total. The van der Waals surface area contributed by atoms with Crippen LogP contribution in [0, 0.1) is 0 Å². The van der Waals surface area contributed by atoms with Crippen LogP contribution in [0.15, 0.2) is 79.4 Å². The Hall–Kier alpha value is -3.54. The third-order valence-electron chi connectivity index (χ3n) is 7.64. The molecule has 1 saturated carbocycles. The van der Waals surface area contributed by atoms with Crippen molar-refractivity contribution in [3.63, 3.8) is 0 Å². The molecule has 2 aromatic heterocycles. The molecule has 0 aliphatic heterocycles. The van der Waals surface area contributed by atoms with Gasteiger partial charge in [0, 0.05) is 43.4 Å². The van der Waals surface area contributed by atoms with Crippen molar-refractivity contribution in [1.82, 2.24) is 20.2 Å². The van der Waals surface area contributed by atoms with Crippen molar-refractivity contribution in [2.24, 2.45) is 0 Å². The number of hydrogen-bond donors (Lipinski definition) is 1. The Morgan fingerprint density at radius 1 is 0.865 bits per heavy atom. The molecular formula is C31H38N4O2. The van der Waals surface area contributed by atoms with Crippen LogP contribution >= 0.6 is 0 Å². The summed E-state index contributed by atoms with van der Waals surface area (Å²) in [6.07, 6.45) is 16.3. The summed E-state index contributed by atoms with van der Waals surface area (Å²) in [6.45, 7) is 0. The van der Waals surface area contributed by atoms with Gasteiger partial charge >= 0.3 is 0 Å². The normalized spacial score (nSPS) is 14.4. The van der Waals surface area contributed by atoms with Gasteiger partial charge in [0.15, 0.2) is 0 Å². The van der Waals surface area contributed by atoms with E-state index in [-0.39, 0.29) is 17.9 Å². The second-order valence-electron chi connectivity index (χ2n) is 10.1. The Morgan fingerprint density at radius 3 is 1.95 bits per heavy atom. The minimum atomic E-state index is -0.794. The van der Waals surface area contributed by atoms with E-state index in [1.807, 2.05) is 54.9 Å². The number of hydrogen-bond acceptors (Lipinski definition) is 4. The standard InChI is InChI=1S/C31H38N4O2/c1-35(29(36)27-15-3-2-4-16-27)31(19-5-6-20-31)30(37)34-28(17-7-11-25-13-9-21-32-23-25)18-8-12-26-14-10-22-33-24-26/h2-4,9-10,13-16,21-24,28H,5-8,11-12,17-20H2,1H3,(H,34,37). The van der Waals surface area contributed by atoms with Crippen LogP contribution < -0.4 is 5.32 Å². The molecule has 2 heterocycles. The first kappa shape index (κ1) is 26.5. The number of carbonyl (C=O) groups is 2. The minimum absolute atomic E-state index is 0.00969. The molecule has 0 unspecified atom stereocenters. The zero-order chi connectivity index (χ0) is 25.9. The second-order valence-corrected chi connectivity index (χ2v) is 10.1. The fourth-order valence-electron chi connectivity index (χ4n) is 5.45. The predicted octanol–water partition coefficient (Wildman–Crippen LogP) is 5.39. The van der Waals surface area contributed by atoms with Crippen molar-refractivity contribution < 1.29 is 9.59 Å². The molecule has 1 fully saturated rings. The number of aryl methyl sites for hydroxylation is 2. The maximum atomic E-state index is 13.9. The van der Waals surface area contributed by atoms with Gasteiger partial charge < -0.3 is 10.2 Å². The van der Waals surface area contributed by atoms with Crippen molar-refractivity contribution in [3.8, 4) is 0 Å². The van der Waals surface area contributed by atoms with E-state index in [9.17, 15) is 9.59 Å². The summed E-state index contributed by atoms with van der Waals surface area (Å²) in [6, 6.07) is 17.4. The van der Waals surface area contributed by atoms with Crippen molar-refractivity contribution in [3.05, 3.63) is 96.1 Å². The van der Waals surface area contributed by atoms with Crippen LogP contribution in [0.25, 0.3) is 0 Å². The number of carbonyl (C=O) groups excluding carboxylic acids is 2. The van der Waals surface area contributed by atoms with Gasteiger partial charge in [0.05, 0.1) is 0 Å². The number of benzene rings is 1. The fraction of sp³-hybridized carbons (Fsp3) is 0.419. The van der Waals surface area contributed by atoms with Gasteiger partial charge in [-0.05, 0) is 86.8 Å². The molecule has 0 bridgehead atoms. The lowest BCUT2D eigenvalue weighted by atomic mass is 9.91. The smallest absolute Gasteiger partial charge is 0.254 e. The number of aromatic nitrogens is 2. The van der Waals surface area contributed by atoms with Crippen LogP contribution in [0.5, 0.6) is 0 Å². The van der Waals surface area contributed by atoms with E-state index in [0.29, 0.717) is 18.4 Å². The topological polar surface area (TPSA) is 75.2 Å². The molecule has 6 heteroatoms. The molecule has 0 radical (unpaired) electrons. The summed E-state index contributed by atoms with van der Waals surface area (Å²) < 4.78 is 0. The summed E-state index contributed by atoms with van der Waals surface area (Å²) >= 11 is 0. The quantitative estimate of drug-likeness (QED) is 0.363. The van der Waals surface area contributed by atoms with Crippen LogP contribution in [0.4, 0.5) is 0 Å². The zero-order valence-corrected chi connectivity index (χ0v) is 21.8. The van der Waals surface area contributed by atoms with Gasteiger partial charge in [-0.1, -0.05) is 43.2 Å². The van der Waals surface area contributed by atoms with Crippen molar-refractivity contribution in [2.45, 2.75) is 75.8 Å². The lowest BCUT2D eigenvalue weighted by Gasteiger charge is -2.38. The number of rotatable bonds is 12. The SMILES string of the molecule is CN(C(=O)c1ccccc1)C1(C(=O)NC(CCCc2cccnc2)CCCc2cccnc2)CCCC1. The Bertz CT molecular complexity index is 1070. The van der Waals surface area contributed by atoms with Crippen molar-refractivity contribution in [1.29, 1.82) is 0 Å². The van der Waals surface area contributed by atoms with E-state index in [0.717, 1.165) is 51.4 Å². The van der Waals surface area contributed by atoms with Crippen LogP contribution in [0.3, 0.4) is 0 Å². The zero-order valence-electron chi connectivity index (χ0n) is 21.8. The van der Waals surface area contributed by atoms with Crippen LogP contribution in [-0.4, -0.2) is 45.3 Å². The van der Waals surface area contributed by atoms with Gasteiger partial charge in [0.1, 0.15) is 5.54 Å². The summed E-state index contributed by atoms with van der Waals surface area (Å²) in [5.41, 5.74) is 2.25. The van der Waals surface area contributed by atoms with Gasteiger partial charge in [-0.3, -0.25) is 19.6 Å². The number of nitrogens with zero attached hydrogens (tertiary/aromatic N) is 3. The largest absolute Gasteiger partial charge is 0.351 e. The average Bonchev–Trinajstić information content (AvgIpc) is 3.45. The highest BCUT2D eigenvalue weighted by molar-refractivity contribution is 5.99. The van der Waals surface area contributed by atoms with Gasteiger partial charge in [-0.15, -0.1) is 0 Å². The van der Waals surface area contributed by atoms with E-state index < -0.39 is 5.54 Å². The fourth-order valence-corrected chi connectivity index (χ4v) is 5.45. The lowest BCUT2D eigenvalue weighted by molar-refractivity contribution is -0.132. The Balaban J connectivity index is 1.43. The van der Waals surface area contributed by atoms with E-state index in [1.54, 1.807) is 24.3 Å². The van der Waals surface area contributed by atoms with E-state index >= 15 is 0 Å². The third-order valence-corrected chi connectivity index (χ3v) is 7.64. The van der Waals surface area contributed by atoms with E-state index in [1.165, 1.54) is 11.1 Å². The summed E-state index contributed by atoms with van der Waals surface area (Å²) in [4.78, 5) is 37.4. The average molecular weight is 499 g/mol. The lowest BCUT2D eigenvalue weighted by Crippen LogP contribution is -2.59. The van der Waals surface area contributed by atoms with Crippen LogP contribution in [0.1, 0.15) is 72.9 Å². The highest BCUT2D eigenvalue weighted by Crippen LogP contribution is 2.36. The Labute approximate surface area is 220 Å². The molecule has 3 aromatic rings. The van der Waals surface area contributed by atoms with Gasteiger partial charge in [0.25, 0.3) is 5.91 Å². The Morgan fingerprint density at radius 2 is 1.43 bits per heavy atom. The maximum Gasteiger partial charge on any atom is 0.254 e. The van der Waals surface area contributed by atoms with Gasteiger partial charge in [-0.2, -0.15) is 0 Å². The molecule has 1 aliphatic carbocycles. The van der Waals surface area contributed by atoms with Gasteiger partial charge in [-0.25, -0.2) is 0 Å². The molecule has 2 amide bonds. The predicted molar refractivity (Wildman–Crippen MR) is 146 cm³/mol. The Kier molecular flexibility index (Phi) is 9.41. The van der Waals surface area contributed by atoms with Crippen LogP contribution in [0.2, 0.25) is 0 Å². The first-order chi connectivity index (χ1) is 18.1. The summed E-state index contributed by atoms with van der Waals surface area (Å²) in [5.74, 6) is -0.105. The summed E-state index contributed by atoms with van der Waals surface area (Å²) in [5, 5.41) is 3.40. The van der Waals surface area contributed by atoms with Crippen molar-refractivity contribution >= 4 is 11.8 Å². The number of pyridine rings is 2. The monoisotopic (exact) mass is 498 g/mol. The molecule has 0 atom stereocenters. The van der Waals surface area contributed by atoms with E-state index in [4.69, 9.17) is 0 Å². The minimum Gasteiger partial charge on any atom is -0.351 e. The molecule has 0 saturated heterocycles. The summed E-state index contributed by atoms with van der Waals surface area (Å²) in [7, 11) is 1.79. The molecule has 194 valence electrons. The molecule has 6 nitrogen and oxygen atoms in total. The number of likely N-dealkylation sites (N-methyl/N-ethyl adjacent to an activating group) is 1. The maximum absolute atomic E-state index is 13.9. The highest BCUT2D eigenvalue weighted by atomic mass is 16.2. The molecule has 1 aliphatic rings. The van der Waals surface area contributed by atoms with Crippen molar-refractivity contribution in [2.75, 3.05) is 7.05 Å².